The highest BCUT2D eigenvalue weighted by Gasteiger charge is 2.42. The lowest BCUT2D eigenvalue weighted by atomic mass is 10.2. The molecular weight excluding hydrogens is 316 g/mol. The number of nitrogens with zero attached hydrogens (tertiary/aromatic N) is 2. The van der Waals surface area contributed by atoms with E-state index in [-0.39, 0.29) is 0 Å². The number of nitrogens with two attached hydrogens (primary N) is 2. The van der Waals surface area contributed by atoms with Gasteiger partial charge in [0.1, 0.15) is 11.9 Å². The number of imidazole rings is 1. The summed E-state index contributed by atoms with van der Waals surface area (Å²) in [4.78, 5) is 15.9. The average molecular weight is 344 g/mol. The molecular formula is C14H28N4O4Si. The van der Waals surface area contributed by atoms with Crippen molar-refractivity contribution in [3.63, 3.8) is 0 Å². The van der Waals surface area contributed by atoms with Gasteiger partial charge in [0.2, 0.25) is 5.91 Å². The van der Waals surface area contributed by atoms with Gasteiger partial charge in [-0.2, -0.15) is 0 Å². The molecule has 23 heavy (non-hydrogen) atoms. The summed E-state index contributed by atoms with van der Waals surface area (Å²) in [6.45, 7) is 3.19. The molecule has 1 unspecified atom stereocenters. The fourth-order valence-corrected chi connectivity index (χ4v) is 4.51. The van der Waals surface area contributed by atoms with Gasteiger partial charge >= 0.3 is 8.80 Å². The van der Waals surface area contributed by atoms with Crippen LogP contribution in [-0.4, -0.2) is 51.1 Å². The fourth-order valence-electron chi connectivity index (χ4n) is 2.32. The maximum Gasteiger partial charge on any atom is 0.501 e. The van der Waals surface area contributed by atoms with Crippen LogP contribution in [0.2, 0.25) is 6.04 Å². The molecule has 0 aromatic carbocycles. The van der Waals surface area contributed by atoms with Gasteiger partial charge in [-0.05, 0) is 32.7 Å². The first-order valence-corrected chi connectivity index (χ1v) is 9.66. The zero-order chi connectivity index (χ0) is 17.3. The van der Waals surface area contributed by atoms with E-state index in [9.17, 15) is 4.79 Å². The Morgan fingerprint density at radius 2 is 2.09 bits per heavy atom. The van der Waals surface area contributed by atoms with Crippen LogP contribution in [0.5, 0.6) is 0 Å². The van der Waals surface area contributed by atoms with Crippen molar-refractivity contribution in [3.05, 3.63) is 18.2 Å². The third kappa shape index (κ3) is 6.03. The zero-order valence-electron chi connectivity index (χ0n) is 14.2. The first-order chi connectivity index (χ1) is 11.0. The van der Waals surface area contributed by atoms with Crippen LogP contribution in [0.3, 0.4) is 0 Å². The topological polar surface area (TPSA) is 115 Å². The Balaban J connectivity index is 2.62. The van der Waals surface area contributed by atoms with E-state index in [1.165, 1.54) is 14.2 Å². The number of carbonyl (C=O) groups is 1. The molecule has 1 aromatic rings. The van der Waals surface area contributed by atoms with Crippen LogP contribution in [0.4, 0.5) is 0 Å². The predicted molar refractivity (Wildman–Crippen MR) is 88.5 cm³/mol. The summed E-state index contributed by atoms with van der Waals surface area (Å²) < 4.78 is 18.8. The summed E-state index contributed by atoms with van der Waals surface area (Å²) in [6.07, 6.45) is 4.85. The minimum absolute atomic E-state index is 0.497. The molecule has 9 heteroatoms. The second kappa shape index (κ2) is 9.78. The van der Waals surface area contributed by atoms with Crippen LogP contribution in [0.1, 0.15) is 25.1 Å². The van der Waals surface area contributed by atoms with E-state index in [1.807, 2.05) is 17.7 Å². The quantitative estimate of drug-likeness (QED) is 0.531. The predicted octanol–water partition coefficient (Wildman–Crippen LogP) is 0.423. The SMILES string of the molecule is CO[Si](CCCN)(OC)OC(CCCn1ccnc1C)C(N)=O. The Hall–Kier alpha value is -1.26. The number of hydrogen-bond donors (Lipinski definition) is 2. The minimum atomic E-state index is -2.92. The van der Waals surface area contributed by atoms with E-state index in [1.54, 1.807) is 6.20 Å². The maximum absolute atomic E-state index is 11.7. The van der Waals surface area contributed by atoms with E-state index < -0.39 is 20.8 Å². The minimum Gasteiger partial charge on any atom is -0.377 e. The summed E-state index contributed by atoms with van der Waals surface area (Å²) >= 11 is 0. The van der Waals surface area contributed by atoms with Crippen molar-refractivity contribution in [2.24, 2.45) is 11.5 Å². The van der Waals surface area contributed by atoms with Crippen molar-refractivity contribution < 1.29 is 18.1 Å². The molecule has 0 radical (unpaired) electrons. The molecule has 132 valence electrons. The van der Waals surface area contributed by atoms with Crippen LogP contribution < -0.4 is 11.5 Å². The first kappa shape index (κ1) is 19.8. The number of aryl methyl sites for hydroxylation is 2. The highest BCUT2D eigenvalue weighted by molar-refractivity contribution is 6.60. The van der Waals surface area contributed by atoms with E-state index in [4.69, 9.17) is 24.7 Å². The number of primary amides is 1. The lowest BCUT2D eigenvalue weighted by Gasteiger charge is -2.30. The molecule has 1 aromatic heterocycles. The van der Waals surface area contributed by atoms with Gasteiger partial charge in [0.05, 0.1) is 0 Å². The Morgan fingerprint density at radius 1 is 1.39 bits per heavy atom. The van der Waals surface area contributed by atoms with Crippen molar-refractivity contribution >= 4 is 14.7 Å². The molecule has 1 heterocycles. The molecule has 0 aliphatic carbocycles. The molecule has 8 nitrogen and oxygen atoms in total. The molecule has 4 N–H and O–H groups in total. The molecule has 0 spiro atoms. The highest BCUT2D eigenvalue weighted by Crippen LogP contribution is 2.20. The Bertz CT molecular complexity index is 479. The third-order valence-electron chi connectivity index (χ3n) is 3.74. The normalized spacial score (nSPS) is 13.2. The summed E-state index contributed by atoms with van der Waals surface area (Å²) in [6, 6.07) is 0.556. The van der Waals surface area contributed by atoms with Crippen LogP contribution >= 0.6 is 0 Å². The second-order valence-corrected chi connectivity index (χ2v) is 8.22. The van der Waals surface area contributed by atoms with Crippen molar-refractivity contribution in [1.29, 1.82) is 0 Å². The first-order valence-electron chi connectivity index (χ1n) is 7.73. The Labute approximate surface area is 138 Å². The van der Waals surface area contributed by atoms with Crippen LogP contribution in [-0.2, 0) is 24.6 Å². The Kier molecular flexibility index (Phi) is 8.41. The third-order valence-corrected chi connectivity index (χ3v) is 6.59. The molecule has 1 amide bonds. The molecule has 0 saturated heterocycles. The summed E-state index contributed by atoms with van der Waals surface area (Å²) in [5, 5.41) is 0. The molecule has 0 aliphatic heterocycles. The molecule has 0 bridgehead atoms. The number of rotatable bonds is 12. The van der Waals surface area contributed by atoms with E-state index in [2.05, 4.69) is 4.98 Å². The van der Waals surface area contributed by atoms with Gasteiger partial charge < -0.3 is 29.3 Å². The van der Waals surface area contributed by atoms with Crippen LogP contribution in [0, 0.1) is 6.92 Å². The van der Waals surface area contributed by atoms with Gasteiger partial charge in [0, 0.05) is 39.2 Å². The van der Waals surface area contributed by atoms with E-state index >= 15 is 0 Å². The molecule has 0 aliphatic rings. The molecule has 1 atom stereocenters. The monoisotopic (exact) mass is 344 g/mol. The van der Waals surface area contributed by atoms with Gasteiger partial charge in [-0.25, -0.2) is 4.98 Å². The Morgan fingerprint density at radius 3 is 2.57 bits per heavy atom. The standard InChI is InChI=1S/C14H28N4O4Si/c1-12-17-8-10-18(12)9-4-6-13(14(16)19)22-23(20-2,21-3)11-5-7-15/h8,10,13H,4-7,9,11,15H2,1-3H3,(H2,16,19). The van der Waals surface area contributed by atoms with Crippen LogP contribution in [0.25, 0.3) is 0 Å². The fraction of sp³-hybridized carbons (Fsp3) is 0.714. The van der Waals surface area contributed by atoms with Crippen molar-refractivity contribution in [2.45, 2.75) is 44.9 Å². The molecule has 0 fully saturated rings. The molecule has 0 saturated carbocycles. The highest BCUT2D eigenvalue weighted by atomic mass is 28.4. The number of aromatic nitrogens is 2. The van der Waals surface area contributed by atoms with Gasteiger partial charge in [-0.3, -0.25) is 4.79 Å². The number of amides is 1. The average Bonchev–Trinajstić information content (AvgIpc) is 2.95. The smallest absolute Gasteiger partial charge is 0.377 e. The van der Waals surface area contributed by atoms with Gasteiger partial charge in [0.25, 0.3) is 0 Å². The van der Waals surface area contributed by atoms with Crippen LogP contribution in [0.15, 0.2) is 12.4 Å². The van der Waals surface area contributed by atoms with Gasteiger partial charge in [-0.15, -0.1) is 0 Å². The van der Waals surface area contributed by atoms with Crippen molar-refractivity contribution in [3.8, 4) is 0 Å². The lowest BCUT2D eigenvalue weighted by Crippen LogP contribution is -2.50. The number of carbonyl (C=O) groups excluding carboxylic acids is 1. The number of hydrogen-bond acceptors (Lipinski definition) is 6. The van der Waals surface area contributed by atoms with Gasteiger partial charge in [0.15, 0.2) is 0 Å². The molecule has 1 rings (SSSR count). The van der Waals surface area contributed by atoms with E-state index in [0.717, 1.165) is 18.8 Å². The lowest BCUT2D eigenvalue weighted by molar-refractivity contribution is -0.127. The second-order valence-electron chi connectivity index (χ2n) is 5.30. The maximum atomic E-state index is 11.7. The zero-order valence-corrected chi connectivity index (χ0v) is 15.2. The largest absolute Gasteiger partial charge is 0.501 e. The van der Waals surface area contributed by atoms with Gasteiger partial charge in [-0.1, -0.05) is 0 Å². The van der Waals surface area contributed by atoms with Crippen molar-refractivity contribution in [2.75, 3.05) is 20.8 Å². The van der Waals surface area contributed by atoms with E-state index in [0.29, 0.717) is 25.4 Å². The van der Waals surface area contributed by atoms with Crippen molar-refractivity contribution in [1.82, 2.24) is 9.55 Å². The summed E-state index contributed by atoms with van der Waals surface area (Å²) in [5.41, 5.74) is 11.0. The summed E-state index contributed by atoms with van der Waals surface area (Å²) in [5.74, 6) is 0.424. The summed E-state index contributed by atoms with van der Waals surface area (Å²) in [7, 11) is 0.136.